The van der Waals surface area contributed by atoms with E-state index in [1.165, 1.54) is 16.9 Å². The molecule has 1 aliphatic heterocycles. The molecular formula is C24H28N2O4S2. The lowest BCUT2D eigenvalue weighted by Gasteiger charge is -2.23. The van der Waals surface area contributed by atoms with Crippen molar-refractivity contribution in [3.63, 3.8) is 0 Å². The van der Waals surface area contributed by atoms with E-state index >= 15 is 0 Å². The van der Waals surface area contributed by atoms with E-state index in [-0.39, 0.29) is 29.1 Å². The zero-order valence-electron chi connectivity index (χ0n) is 18.4. The van der Waals surface area contributed by atoms with E-state index in [4.69, 9.17) is 4.74 Å². The van der Waals surface area contributed by atoms with Crippen molar-refractivity contribution in [2.45, 2.75) is 50.5 Å². The molecule has 0 N–H and O–H groups in total. The zero-order valence-corrected chi connectivity index (χ0v) is 20.0. The Bertz CT molecular complexity index is 1200. The summed E-state index contributed by atoms with van der Waals surface area (Å²) in [6.45, 7) is 5.09. The second-order valence-electron chi connectivity index (χ2n) is 8.17. The molecule has 0 radical (unpaired) electrons. The third-order valence-corrected chi connectivity index (χ3v) is 8.53. The van der Waals surface area contributed by atoms with Gasteiger partial charge >= 0.3 is 0 Å². The van der Waals surface area contributed by atoms with Gasteiger partial charge in [-0.3, -0.25) is 9.69 Å². The number of fused-ring (bicyclic) bond motifs is 1. The van der Waals surface area contributed by atoms with Gasteiger partial charge in [-0.25, -0.2) is 13.4 Å². The van der Waals surface area contributed by atoms with Crippen LogP contribution in [0.15, 0.2) is 47.4 Å². The molecule has 1 aliphatic rings. The Labute approximate surface area is 193 Å². The van der Waals surface area contributed by atoms with Crippen LogP contribution in [-0.4, -0.2) is 44.3 Å². The molecule has 1 saturated heterocycles. The van der Waals surface area contributed by atoms with Crippen molar-refractivity contribution in [1.29, 1.82) is 0 Å². The van der Waals surface area contributed by atoms with E-state index < -0.39 is 9.84 Å². The Morgan fingerprint density at radius 1 is 1.22 bits per heavy atom. The van der Waals surface area contributed by atoms with E-state index in [1.807, 2.05) is 19.1 Å². The van der Waals surface area contributed by atoms with E-state index in [0.29, 0.717) is 18.3 Å². The number of anilines is 1. The lowest BCUT2D eigenvalue weighted by Crippen LogP contribution is -2.38. The molecular weight excluding hydrogens is 444 g/mol. The summed E-state index contributed by atoms with van der Waals surface area (Å²) in [6, 6.07) is 12.9. The molecule has 0 saturated carbocycles. The number of nitrogens with zero attached hydrogens (tertiary/aromatic N) is 2. The molecule has 3 aromatic rings. The molecule has 0 spiro atoms. The van der Waals surface area contributed by atoms with Crippen molar-refractivity contribution in [3.8, 4) is 0 Å². The van der Waals surface area contributed by atoms with Gasteiger partial charge in [-0.05, 0) is 56.0 Å². The van der Waals surface area contributed by atoms with Crippen molar-refractivity contribution in [3.05, 3.63) is 53.6 Å². The SMILES string of the molecule is CCc1ccc2nc(N(CC3CCCO3)C(=O)CCS(=O)(=O)c3ccc(C)cc3)sc2c1. The molecule has 1 aromatic heterocycles. The maximum atomic E-state index is 13.2. The standard InChI is InChI=1S/C24H28N2O4S2/c1-3-18-8-11-21-22(15-18)31-24(25-21)26(16-19-5-4-13-30-19)23(27)12-14-32(28,29)20-9-6-17(2)7-10-20/h6-11,15,19H,3-5,12-14,16H2,1-2H3. The Balaban J connectivity index is 1.55. The van der Waals surface area contributed by atoms with Gasteiger partial charge in [0.1, 0.15) is 0 Å². The van der Waals surface area contributed by atoms with Crippen LogP contribution < -0.4 is 4.90 Å². The quantitative estimate of drug-likeness (QED) is 0.481. The number of carbonyl (C=O) groups excluding carboxylic acids is 1. The first-order chi connectivity index (χ1) is 15.4. The summed E-state index contributed by atoms with van der Waals surface area (Å²) in [5.74, 6) is -0.479. The maximum absolute atomic E-state index is 13.2. The Morgan fingerprint density at radius 2 is 2.00 bits per heavy atom. The minimum Gasteiger partial charge on any atom is -0.376 e. The van der Waals surface area contributed by atoms with Crippen molar-refractivity contribution >= 4 is 42.4 Å². The van der Waals surface area contributed by atoms with Gasteiger partial charge in [0, 0.05) is 13.0 Å². The minimum atomic E-state index is -3.54. The number of aryl methyl sites for hydroxylation is 2. The van der Waals surface area contributed by atoms with Gasteiger partial charge in [-0.1, -0.05) is 42.0 Å². The second kappa shape index (κ2) is 9.68. The number of hydrogen-bond donors (Lipinski definition) is 0. The monoisotopic (exact) mass is 472 g/mol. The normalized spacial score (nSPS) is 16.5. The minimum absolute atomic E-state index is 0.0501. The molecule has 4 rings (SSSR count). The number of amides is 1. The van der Waals surface area contributed by atoms with Crippen LogP contribution in [0.3, 0.4) is 0 Å². The summed E-state index contributed by atoms with van der Waals surface area (Å²) in [5.41, 5.74) is 3.05. The first-order valence-corrected chi connectivity index (χ1v) is 13.4. The predicted molar refractivity (Wildman–Crippen MR) is 128 cm³/mol. The molecule has 32 heavy (non-hydrogen) atoms. The van der Waals surface area contributed by atoms with E-state index in [1.54, 1.807) is 29.2 Å². The highest BCUT2D eigenvalue weighted by atomic mass is 32.2. The lowest BCUT2D eigenvalue weighted by molar-refractivity contribution is -0.118. The number of hydrogen-bond acceptors (Lipinski definition) is 6. The average molecular weight is 473 g/mol. The number of sulfone groups is 1. The summed E-state index contributed by atoms with van der Waals surface area (Å²) < 4.78 is 32.3. The van der Waals surface area contributed by atoms with Crippen molar-refractivity contribution < 1.29 is 17.9 Å². The zero-order chi connectivity index (χ0) is 22.7. The van der Waals surface area contributed by atoms with Crippen molar-refractivity contribution in [1.82, 2.24) is 4.98 Å². The predicted octanol–water partition coefficient (Wildman–Crippen LogP) is 4.54. The first-order valence-electron chi connectivity index (χ1n) is 11.0. The fourth-order valence-corrected chi connectivity index (χ4v) is 6.08. The van der Waals surface area contributed by atoms with Crippen LogP contribution in [0.5, 0.6) is 0 Å². The molecule has 0 aliphatic carbocycles. The van der Waals surface area contributed by atoms with Crippen LogP contribution in [0.1, 0.15) is 37.3 Å². The molecule has 1 atom stereocenters. The van der Waals surface area contributed by atoms with Crippen LogP contribution in [0.25, 0.3) is 10.2 Å². The molecule has 170 valence electrons. The van der Waals surface area contributed by atoms with Crippen LogP contribution >= 0.6 is 11.3 Å². The molecule has 6 nitrogen and oxygen atoms in total. The fourth-order valence-electron chi connectivity index (χ4n) is 3.79. The topological polar surface area (TPSA) is 76.6 Å². The van der Waals surface area contributed by atoms with Gasteiger partial charge in [-0.2, -0.15) is 0 Å². The molecule has 1 amide bonds. The van der Waals surface area contributed by atoms with Gasteiger partial charge in [0.05, 0.1) is 33.5 Å². The van der Waals surface area contributed by atoms with Gasteiger partial charge < -0.3 is 4.74 Å². The highest BCUT2D eigenvalue weighted by Crippen LogP contribution is 2.31. The molecule has 1 fully saturated rings. The van der Waals surface area contributed by atoms with Crippen molar-refractivity contribution in [2.75, 3.05) is 23.8 Å². The number of ether oxygens (including phenoxy) is 1. The van der Waals surface area contributed by atoms with Gasteiger partial charge in [0.15, 0.2) is 15.0 Å². The van der Waals surface area contributed by atoms with Gasteiger partial charge in [0.25, 0.3) is 0 Å². The highest BCUT2D eigenvalue weighted by molar-refractivity contribution is 7.91. The number of benzene rings is 2. The third kappa shape index (κ3) is 5.19. The van der Waals surface area contributed by atoms with Crippen molar-refractivity contribution in [2.24, 2.45) is 0 Å². The summed E-state index contributed by atoms with van der Waals surface area (Å²) >= 11 is 1.47. The van der Waals surface area contributed by atoms with Crippen LogP contribution in [0, 0.1) is 6.92 Å². The van der Waals surface area contributed by atoms with E-state index in [9.17, 15) is 13.2 Å². The Morgan fingerprint density at radius 3 is 2.69 bits per heavy atom. The largest absolute Gasteiger partial charge is 0.376 e. The summed E-state index contributed by atoms with van der Waals surface area (Å²) in [6.07, 6.45) is 2.63. The number of rotatable bonds is 8. The first kappa shape index (κ1) is 22.9. The summed E-state index contributed by atoms with van der Waals surface area (Å²) in [5, 5.41) is 0.599. The molecule has 2 aromatic carbocycles. The maximum Gasteiger partial charge on any atom is 0.229 e. The molecule has 1 unspecified atom stereocenters. The Hall–Kier alpha value is -2.29. The van der Waals surface area contributed by atoms with E-state index in [2.05, 4.69) is 18.0 Å². The van der Waals surface area contributed by atoms with Crippen LogP contribution in [-0.2, 0) is 25.8 Å². The summed E-state index contributed by atoms with van der Waals surface area (Å²) in [7, 11) is -3.54. The molecule has 0 bridgehead atoms. The van der Waals surface area contributed by atoms with Gasteiger partial charge in [-0.15, -0.1) is 0 Å². The Kier molecular flexibility index (Phi) is 6.93. The number of thiazole rings is 1. The van der Waals surface area contributed by atoms with Crippen LogP contribution in [0.2, 0.25) is 0 Å². The van der Waals surface area contributed by atoms with Gasteiger partial charge in [0.2, 0.25) is 5.91 Å². The third-order valence-electron chi connectivity index (χ3n) is 5.76. The number of carbonyl (C=O) groups is 1. The lowest BCUT2D eigenvalue weighted by atomic mass is 10.2. The average Bonchev–Trinajstić information content (AvgIpc) is 3.45. The molecule has 8 heteroatoms. The molecule has 2 heterocycles. The van der Waals surface area contributed by atoms with E-state index in [0.717, 1.165) is 35.0 Å². The smallest absolute Gasteiger partial charge is 0.229 e. The second-order valence-corrected chi connectivity index (χ2v) is 11.3. The summed E-state index contributed by atoms with van der Waals surface area (Å²) in [4.78, 5) is 19.8. The highest BCUT2D eigenvalue weighted by Gasteiger charge is 2.27. The fraction of sp³-hybridized carbons (Fsp3) is 0.417. The number of aromatic nitrogens is 1. The van der Waals surface area contributed by atoms with Crippen LogP contribution in [0.4, 0.5) is 5.13 Å².